The van der Waals surface area contributed by atoms with Crippen LogP contribution in [0.2, 0.25) is 0 Å². The highest BCUT2D eigenvalue weighted by atomic mass is 79.9. The second-order valence-corrected chi connectivity index (χ2v) is 3.94. The van der Waals surface area contributed by atoms with Crippen molar-refractivity contribution in [2.24, 2.45) is 0 Å². The molecule has 0 unspecified atom stereocenters. The lowest BCUT2D eigenvalue weighted by atomic mass is 10.1. The van der Waals surface area contributed by atoms with Gasteiger partial charge in [-0.2, -0.15) is 0 Å². The minimum Gasteiger partial charge on any atom is -0.357 e. The normalized spacial score (nSPS) is 10.8. The minimum atomic E-state index is -0.368. The first-order valence-corrected chi connectivity index (χ1v) is 4.86. The van der Waals surface area contributed by atoms with Crippen molar-refractivity contribution in [3.05, 3.63) is 44.4 Å². The van der Waals surface area contributed by atoms with Crippen molar-refractivity contribution in [1.82, 2.24) is 4.98 Å². The smallest absolute Gasteiger partial charge is 0.203 e. The van der Waals surface area contributed by atoms with Crippen LogP contribution in [0.1, 0.15) is 5.56 Å². The van der Waals surface area contributed by atoms with Crippen LogP contribution in [0.4, 0.5) is 4.39 Å². The average molecular weight is 256 g/mol. The molecule has 0 bridgehead atoms. The standard InChI is InChI=1S/C10H7BrFNO/c1-5-2-3-6-9(8(5)12)13-4-7(11)10(6)14/h2-4H,1H3,(H,13,14). The first-order valence-electron chi connectivity index (χ1n) is 4.07. The fourth-order valence-corrected chi connectivity index (χ4v) is 1.67. The lowest BCUT2D eigenvalue weighted by Crippen LogP contribution is -2.05. The summed E-state index contributed by atoms with van der Waals surface area (Å²) in [6, 6.07) is 3.22. The molecule has 1 N–H and O–H groups in total. The van der Waals surface area contributed by atoms with Gasteiger partial charge in [0.15, 0.2) is 0 Å². The van der Waals surface area contributed by atoms with Gasteiger partial charge in [-0.05, 0) is 34.5 Å². The average Bonchev–Trinajstić information content (AvgIpc) is 2.17. The maximum Gasteiger partial charge on any atom is 0.203 e. The molecule has 4 heteroatoms. The Morgan fingerprint density at radius 1 is 1.43 bits per heavy atom. The first kappa shape index (κ1) is 9.40. The van der Waals surface area contributed by atoms with Gasteiger partial charge in [0.1, 0.15) is 5.82 Å². The number of hydrogen-bond donors (Lipinski definition) is 1. The van der Waals surface area contributed by atoms with Crippen molar-refractivity contribution < 1.29 is 4.39 Å². The van der Waals surface area contributed by atoms with Gasteiger partial charge in [-0.1, -0.05) is 6.07 Å². The Balaban J connectivity index is 3.02. The summed E-state index contributed by atoms with van der Waals surface area (Å²) in [5, 5.41) is 0.363. The molecule has 0 saturated heterocycles. The van der Waals surface area contributed by atoms with E-state index in [1.54, 1.807) is 19.1 Å². The van der Waals surface area contributed by atoms with E-state index in [2.05, 4.69) is 20.9 Å². The Morgan fingerprint density at radius 2 is 2.14 bits per heavy atom. The molecule has 0 saturated carbocycles. The highest BCUT2D eigenvalue weighted by molar-refractivity contribution is 9.10. The second kappa shape index (κ2) is 3.20. The Bertz CT molecular complexity index is 562. The van der Waals surface area contributed by atoms with Gasteiger partial charge in [-0.25, -0.2) is 4.39 Å². The number of aryl methyl sites for hydroxylation is 1. The van der Waals surface area contributed by atoms with Crippen molar-refractivity contribution in [2.45, 2.75) is 6.92 Å². The summed E-state index contributed by atoms with van der Waals surface area (Å²) in [4.78, 5) is 14.3. The molecule has 0 spiro atoms. The van der Waals surface area contributed by atoms with E-state index in [1.165, 1.54) is 6.20 Å². The molecular weight excluding hydrogens is 249 g/mol. The molecule has 1 aromatic heterocycles. The summed E-state index contributed by atoms with van der Waals surface area (Å²) in [7, 11) is 0. The number of pyridine rings is 1. The zero-order chi connectivity index (χ0) is 10.3. The Labute approximate surface area is 87.9 Å². The van der Waals surface area contributed by atoms with E-state index >= 15 is 0 Å². The molecule has 72 valence electrons. The van der Waals surface area contributed by atoms with Crippen LogP contribution in [0.3, 0.4) is 0 Å². The number of halogens is 2. The van der Waals surface area contributed by atoms with Gasteiger partial charge in [-0.3, -0.25) is 4.79 Å². The van der Waals surface area contributed by atoms with E-state index in [4.69, 9.17) is 0 Å². The number of fused-ring (bicyclic) bond motifs is 1. The number of H-pyrrole nitrogens is 1. The van der Waals surface area contributed by atoms with E-state index < -0.39 is 0 Å². The van der Waals surface area contributed by atoms with Crippen molar-refractivity contribution in [1.29, 1.82) is 0 Å². The van der Waals surface area contributed by atoms with Gasteiger partial charge in [0, 0.05) is 11.6 Å². The SMILES string of the molecule is Cc1ccc2c(=O)c(Br)c[nH]c2c1F. The Hall–Kier alpha value is -1.16. The summed E-state index contributed by atoms with van der Waals surface area (Å²) >= 11 is 3.09. The van der Waals surface area contributed by atoms with Crippen LogP contribution in [0.25, 0.3) is 10.9 Å². The molecule has 0 radical (unpaired) electrons. The summed E-state index contributed by atoms with van der Waals surface area (Å²) in [6.07, 6.45) is 1.45. The number of benzene rings is 1. The van der Waals surface area contributed by atoms with E-state index in [0.717, 1.165) is 0 Å². The van der Waals surface area contributed by atoms with Crippen molar-refractivity contribution in [3.63, 3.8) is 0 Å². The maximum atomic E-state index is 13.5. The summed E-state index contributed by atoms with van der Waals surface area (Å²) < 4.78 is 13.9. The van der Waals surface area contributed by atoms with Crippen LogP contribution < -0.4 is 5.43 Å². The third-order valence-corrected chi connectivity index (χ3v) is 2.73. The van der Waals surface area contributed by atoms with E-state index in [9.17, 15) is 9.18 Å². The lowest BCUT2D eigenvalue weighted by Gasteiger charge is -2.02. The molecule has 0 amide bonds. The minimum absolute atomic E-state index is 0.197. The van der Waals surface area contributed by atoms with Gasteiger partial charge in [0.2, 0.25) is 5.43 Å². The zero-order valence-electron chi connectivity index (χ0n) is 7.40. The van der Waals surface area contributed by atoms with Crippen LogP contribution in [0.5, 0.6) is 0 Å². The summed E-state index contributed by atoms with van der Waals surface area (Å²) in [5.74, 6) is -0.368. The third-order valence-electron chi connectivity index (χ3n) is 2.14. The molecule has 1 aromatic carbocycles. The van der Waals surface area contributed by atoms with E-state index in [1.807, 2.05) is 0 Å². The van der Waals surface area contributed by atoms with Crippen LogP contribution in [0, 0.1) is 12.7 Å². The van der Waals surface area contributed by atoms with E-state index in [0.29, 0.717) is 15.4 Å². The molecule has 0 aliphatic rings. The number of rotatable bonds is 0. The van der Waals surface area contributed by atoms with Crippen LogP contribution >= 0.6 is 15.9 Å². The van der Waals surface area contributed by atoms with Crippen LogP contribution in [-0.2, 0) is 0 Å². The largest absolute Gasteiger partial charge is 0.357 e. The fourth-order valence-electron chi connectivity index (χ4n) is 1.34. The van der Waals surface area contributed by atoms with Gasteiger partial charge < -0.3 is 4.98 Å². The monoisotopic (exact) mass is 255 g/mol. The fraction of sp³-hybridized carbons (Fsp3) is 0.100. The lowest BCUT2D eigenvalue weighted by molar-refractivity contribution is 0.627. The Kier molecular flexibility index (Phi) is 2.15. The molecule has 0 atom stereocenters. The topological polar surface area (TPSA) is 32.9 Å². The molecular formula is C10H7BrFNO. The molecule has 0 aliphatic heterocycles. The molecule has 2 nitrogen and oxygen atoms in total. The van der Waals surface area contributed by atoms with Gasteiger partial charge >= 0.3 is 0 Å². The predicted octanol–water partition coefficient (Wildman–Crippen LogP) is 2.74. The molecule has 14 heavy (non-hydrogen) atoms. The summed E-state index contributed by atoms with van der Waals surface area (Å²) in [5.41, 5.74) is 0.589. The predicted molar refractivity (Wildman–Crippen MR) is 57.0 cm³/mol. The maximum absolute atomic E-state index is 13.5. The van der Waals surface area contributed by atoms with Crippen molar-refractivity contribution in [3.8, 4) is 0 Å². The summed E-state index contributed by atoms with van der Waals surface area (Å²) in [6.45, 7) is 1.66. The molecule has 0 fully saturated rings. The van der Waals surface area contributed by atoms with Crippen molar-refractivity contribution in [2.75, 3.05) is 0 Å². The van der Waals surface area contributed by atoms with E-state index in [-0.39, 0.29) is 16.8 Å². The third kappa shape index (κ3) is 1.26. The first-order chi connectivity index (χ1) is 6.61. The van der Waals surface area contributed by atoms with Crippen LogP contribution in [0.15, 0.2) is 27.6 Å². The number of aromatic nitrogens is 1. The molecule has 2 rings (SSSR count). The molecule has 1 heterocycles. The van der Waals surface area contributed by atoms with Crippen LogP contribution in [-0.4, -0.2) is 4.98 Å². The quantitative estimate of drug-likeness (QED) is 0.772. The number of hydrogen-bond acceptors (Lipinski definition) is 1. The number of nitrogens with one attached hydrogen (secondary N) is 1. The van der Waals surface area contributed by atoms with Gasteiger partial charge in [-0.15, -0.1) is 0 Å². The molecule has 2 aromatic rings. The van der Waals surface area contributed by atoms with Gasteiger partial charge in [0.05, 0.1) is 9.99 Å². The van der Waals surface area contributed by atoms with Gasteiger partial charge in [0.25, 0.3) is 0 Å². The number of aromatic amines is 1. The zero-order valence-corrected chi connectivity index (χ0v) is 8.98. The highest BCUT2D eigenvalue weighted by Gasteiger charge is 2.08. The van der Waals surface area contributed by atoms with Crippen molar-refractivity contribution >= 4 is 26.8 Å². The highest BCUT2D eigenvalue weighted by Crippen LogP contribution is 2.17. The Morgan fingerprint density at radius 3 is 2.86 bits per heavy atom. The molecule has 0 aliphatic carbocycles. The second-order valence-electron chi connectivity index (χ2n) is 3.08.